The highest BCUT2D eigenvalue weighted by Gasteiger charge is 2.48. The number of hydrogen-bond donors (Lipinski definition) is 1. The molecule has 0 heterocycles. The standard InChI is InChI=1S/C22H20O3S2/c1-26-21(27-2)18-19(23)16-12-6-7-13-17(16)22(25,20(18)24)14-8-11-15-9-4-3-5-10-15/h3-13,25H,14H2,1-2H3/b11-8+. The van der Waals surface area contributed by atoms with Crippen LogP contribution in [0, 0.1) is 0 Å². The first-order valence-electron chi connectivity index (χ1n) is 8.48. The van der Waals surface area contributed by atoms with E-state index in [4.69, 9.17) is 0 Å². The van der Waals surface area contributed by atoms with Gasteiger partial charge >= 0.3 is 0 Å². The van der Waals surface area contributed by atoms with E-state index in [1.54, 1.807) is 30.3 Å². The first kappa shape index (κ1) is 19.7. The van der Waals surface area contributed by atoms with E-state index in [1.807, 2.05) is 48.9 Å². The molecule has 1 unspecified atom stereocenters. The molecular weight excluding hydrogens is 376 g/mol. The van der Waals surface area contributed by atoms with E-state index in [2.05, 4.69) is 0 Å². The zero-order chi connectivity index (χ0) is 19.4. The second kappa shape index (κ2) is 8.30. The molecule has 1 N–H and O–H groups in total. The first-order chi connectivity index (χ1) is 13.0. The molecule has 3 nitrogen and oxygen atoms in total. The molecule has 2 aromatic carbocycles. The van der Waals surface area contributed by atoms with Crippen LogP contribution in [0.25, 0.3) is 6.08 Å². The Balaban J connectivity index is 2.08. The zero-order valence-corrected chi connectivity index (χ0v) is 16.8. The smallest absolute Gasteiger partial charge is 0.204 e. The van der Waals surface area contributed by atoms with Gasteiger partial charge in [0, 0.05) is 17.5 Å². The molecule has 27 heavy (non-hydrogen) atoms. The second-order valence-electron chi connectivity index (χ2n) is 6.15. The summed E-state index contributed by atoms with van der Waals surface area (Å²) in [6.07, 6.45) is 7.42. The zero-order valence-electron chi connectivity index (χ0n) is 15.1. The maximum atomic E-state index is 13.2. The van der Waals surface area contributed by atoms with Crippen molar-refractivity contribution in [3.8, 4) is 0 Å². The molecule has 0 radical (unpaired) electrons. The molecule has 0 saturated carbocycles. The van der Waals surface area contributed by atoms with Crippen molar-refractivity contribution in [3.05, 3.63) is 87.2 Å². The van der Waals surface area contributed by atoms with Crippen molar-refractivity contribution in [2.45, 2.75) is 12.0 Å². The van der Waals surface area contributed by atoms with Crippen molar-refractivity contribution >= 4 is 41.2 Å². The fourth-order valence-corrected chi connectivity index (χ4v) is 4.66. The van der Waals surface area contributed by atoms with E-state index < -0.39 is 11.4 Å². The van der Waals surface area contributed by atoms with Crippen LogP contribution < -0.4 is 0 Å². The summed E-state index contributed by atoms with van der Waals surface area (Å²) < 4.78 is 0.630. The van der Waals surface area contributed by atoms with E-state index in [0.717, 1.165) is 5.56 Å². The van der Waals surface area contributed by atoms with Crippen LogP contribution in [0.4, 0.5) is 0 Å². The Morgan fingerprint density at radius 2 is 1.63 bits per heavy atom. The lowest BCUT2D eigenvalue weighted by Gasteiger charge is -2.33. The van der Waals surface area contributed by atoms with Gasteiger partial charge in [-0.1, -0.05) is 66.7 Å². The lowest BCUT2D eigenvalue weighted by atomic mass is 9.73. The van der Waals surface area contributed by atoms with Crippen LogP contribution in [0.1, 0.15) is 27.9 Å². The summed E-state index contributed by atoms with van der Waals surface area (Å²) in [6.45, 7) is 0. The van der Waals surface area contributed by atoms with Crippen LogP contribution in [0.3, 0.4) is 0 Å². The van der Waals surface area contributed by atoms with Gasteiger partial charge in [-0.25, -0.2) is 0 Å². The molecule has 1 atom stereocenters. The quantitative estimate of drug-likeness (QED) is 0.587. The van der Waals surface area contributed by atoms with E-state index in [-0.39, 0.29) is 17.8 Å². The van der Waals surface area contributed by atoms with Crippen LogP contribution in [-0.2, 0) is 10.4 Å². The molecule has 1 aliphatic carbocycles. The van der Waals surface area contributed by atoms with Gasteiger partial charge in [0.2, 0.25) is 5.78 Å². The van der Waals surface area contributed by atoms with Crippen molar-refractivity contribution < 1.29 is 14.7 Å². The molecule has 0 aromatic heterocycles. The molecule has 0 aliphatic heterocycles. The molecule has 0 saturated heterocycles. The Kier molecular flexibility index (Phi) is 6.05. The number of carbonyl (C=O) groups is 2. The SMILES string of the molecule is CSC(SC)=C1C(=O)c2ccccc2C(O)(C/C=C/c2ccccc2)C1=O. The number of fused-ring (bicyclic) bond motifs is 1. The van der Waals surface area contributed by atoms with E-state index in [0.29, 0.717) is 15.4 Å². The van der Waals surface area contributed by atoms with Crippen LogP contribution >= 0.6 is 23.5 Å². The van der Waals surface area contributed by atoms with Gasteiger partial charge in [-0.15, -0.1) is 23.5 Å². The minimum atomic E-state index is -1.75. The molecule has 0 fully saturated rings. The molecule has 138 valence electrons. The van der Waals surface area contributed by atoms with Gasteiger partial charge < -0.3 is 5.11 Å². The summed E-state index contributed by atoms with van der Waals surface area (Å²) in [7, 11) is 0. The molecule has 2 aromatic rings. The van der Waals surface area contributed by atoms with Crippen LogP contribution in [0.2, 0.25) is 0 Å². The van der Waals surface area contributed by atoms with Crippen molar-refractivity contribution in [1.82, 2.24) is 0 Å². The Bertz CT molecular complexity index is 926. The number of benzene rings is 2. The lowest BCUT2D eigenvalue weighted by Crippen LogP contribution is -2.43. The van der Waals surface area contributed by atoms with Gasteiger partial charge in [0.25, 0.3) is 0 Å². The third kappa shape index (κ3) is 3.68. The van der Waals surface area contributed by atoms with Gasteiger partial charge in [0.15, 0.2) is 11.4 Å². The van der Waals surface area contributed by atoms with Gasteiger partial charge in [0.05, 0.1) is 9.81 Å². The minimum absolute atomic E-state index is 0.0873. The summed E-state index contributed by atoms with van der Waals surface area (Å²) >= 11 is 2.70. The van der Waals surface area contributed by atoms with Crippen LogP contribution in [-0.4, -0.2) is 29.2 Å². The molecule has 3 rings (SSSR count). The molecule has 0 bridgehead atoms. The summed E-state index contributed by atoms with van der Waals surface area (Å²) in [6, 6.07) is 16.5. The molecule has 5 heteroatoms. The van der Waals surface area contributed by atoms with Crippen molar-refractivity contribution in [1.29, 1.82) is 0 Å². The molecule has 1 aliphatic rings. The number of aliphatic hydroxyl groups is 1. The van der Waals surface area contributed by atoms with E-state index >= 15 is 0 Å². The van der Waals surface area contributed by atoms with Gasteiger partial charge in [-0.3, -0.25) is 9.59 Å². The highest BCUT2D eigenvalue weighted by atomic mass is 32.2. The summed E-state index contributed by atoms with van der Waals surface area (Å²) in [4.78, 5) is 26.2. The third-order valence-electron chi connectivity index (χ3n) is 4.55. The highest BCUT2D eigenvalue weighted by Crippen LogP contribution is 2.42. The maximum Gasteiger partial charge on any atom is 0.204 e. The van der Waals surface area contributed by atoms with E-state index in [9.17, 15) is 14.7 Å². The van der Waals surface area contributed by atoms with Crippen molar-refractivity contribution in [3.63, 3.8) is 0 Å². The highest BCUT2D eigenvalue weighted by molar-refractivity contribution is 8.21. The predicted octanol–water partition coefficient (Wildman–Crippen LogP) is 4.68. The predicted molar refractivity (Wildman–Crippen MR) is 114 cm³/mol. The Labute approximate surface area is 167 Å². The first-order valence-corrected chi connectivity index (χ1v) is 10.9. The summed E-state index contributed by atoms with van der Waals surface area (Å²) in [5, 5.41) is 11.4. The number of hydrogen-bond acceptors (Lipinski definition) is 5. The molecule has 0 spiro atoms. The second-order valence-corrected chi connectivity index (χ2v) is 8.04. The van der Waals surface area contributed by atoms with Crippen LogP contribution in [0.15, 0.2) is 70.5 Å². The van der Waals surface area contributed by atoms with Gasteiger partial charge in [0.1, 0.15) is 0 Å². The number of ketones is 2. The number of thioether (sulfide) groups is 2. The Morgan fingerprint density at radius 1 is 1.00 bits per heavy atom. The number of carbonyl (C=O) groups excluding carboxylic acids is 2. The largest absolute Gasteiger partial charge is 0.377 e. The monoisotopic (exact) mass is 396 g/mol. The lowest BCUT2D eigenvalue weighted by molar-refractivity contribution is -0.134. The van der Waals surface area contributed by atoms with Crippen molar-refractivity contribution in [2.75, 3.05) is 12.5 Å². The van der Waals surface area contributed by atoms with Crippen molar-refractivity contribution in [2.24, 2.45) is 0 Å². The van der Waals surface area contributed by atoms with Crippen LogP contribution in [0.5, 0.6) is 0 Å². The Morgan fingerprint density at radius 3 is 2.30 bits per heavy atom. The molecule has 0 amide bonds. The number of Topliss-reactive ketones (excluding diaryl/α,β-unsaturated/α-hetero) is 2. The summed E-state index contributed by atoms with van der Waals surface area (Å²) in [5.74, 6) is -0.839. The van der Waals surface area contributed by atoms with Gasteiger partial charge in [-0.05, 0) is 18.1 Å². The maximum absolute atomic E-state index is 13.2. The Hall–Kier alpha value is -2.08. The third-order valence-corrected chi connectivity index (χ3v) is 6.69. The number of rotatable bonds is 5. The minimum Gasteiger partial charge on any atom is -0.377 e. The summed E-state index contributed by atoms with van der Waals surface area (Å²) in [5.41, 5.74) is 0.0935. The molecular formula is C22H20O3S2. The van der Waals surface area contributed by atoms with Gasteiger partial charge in [-0.2, -0.15) is 0 Å². The normalized spacial score (nSPS) is 19.4. The topological polar surface area (TPSA) is 54.4 Å². The average Bonchev–Trinajstić information content (AvgIpc) is 2.71. The fourth-order valence-electron chi connectivity index (χ4n) is 3.21. The van der Waals surface area contributed by atoms with E-state index in [1.165, 1.54) is 23.5 Å². The fraction of sp³-hybridized carbons (Fsp3) is 0.182. The average molecular weight is 397 g/mol.